The maximum atomic E-state index is 11.0. The number of rotatable bonds is 3. The largest absolute Gasteiger partial charge is 0.229 e. The van der Waals surface area contributed by atoms with Crippen LogP contribution in [0, 0.1) is 0 Å². The lowest BCUT2D eigenvalue weighted by Crippen LogP contribution is -2.07. The lowest BCUT2D eigenvalue weighted by molar-refractivity contribution is 0.600. The molecular formula is C7H7Br2ClO2S2. The van der Waals surface area contributed by atoms with Gasteiger partial charge in [-0.3, -0.25) is 0 Å². The summed E-state index contributed by atoms with van der Waals surface area (Å²) in [5, 5.41) is -0.474. The molecule has 80 valence electrons. The van der Waals surface area contributed by atoms with E-state index in [-0.39, 0.29) is 5.75 Å². The van der Waals surface area contributed by atoms with Crippen molar-refractivity contribution in [3.05, 3.63) is 19.2 Å². The number of thiophene rings is 1. The van der Waals surface area contributed by atoms with Gasteiger partial charge in [0.05, 0.1) is 14.9 Å². The van der Waals surface area contributed by atoms with Gasteiger partial charge in [0.15, 0.2) is 0 Å². The lowest BCUT2D eigenvalue weighted by atomic mass is 10.4. The van der Waals surface area contributed by atoms with Crippen LogP contribution in [-0.2, 0) is 9.84 Å². The smallest absolute Gasteiger partial charge is 0.149 e. The van der Waals surface area contributed by atoms with Crippen molar-refractivity contribution in [1.29, 1.82) is 0 Å². The van der Waals surface area contributed by atoms with E-state index >= 15 is 0 Å². The predicted molar refractivity (Wildman–Crippen MR) is 68.0 cm³/mol. The van der Waals surface area contributed by atoms with E-state index < -0.39 is 15.2 Å². The van der Waals surface area contributed by atoms with Crippen molar-refractivity contribution in [3.63, 3.8) is 0 Å². The molecule has 0 aromatic carbocycles. The van der Waals surface area contributed by atoms with Gasteiger partial charge in [0, 0.05) is 15.6 Å². The van der Waals surface area contributed by atoms with E-state index in [4.69, 9.17) is 11.6 Å². The van der Waals surface area contributed by atoms with Crippen molar-refractivity contribution < 1.29 is 8.42 Å². The molecule has 1 aromatic rings. The molecule has 0 fully saturated rings. The van der Waals surface area contributed by atoms with E-state index in [9.17, 15) is 8.42 Å². The number of hydrogen-bond acceptors (Lipinski definition) is 3. The molecule has 1 rings (SSSR count). The summed E-state index contributed by atoms with van der Waals surface area (Å²) in [6, 6.07) is 1.83. The van der Waals surface area contributed by atoms with Gasteiger partial charge in [-0.25, -0.2) is 8.42 Å². The molecule has 0 aliphatic carbocycles. The fourth-order valence-electron chi connectivity index (χ4n) is 0.866. The summed E-state index contributed by atoms with van der Waals surface area (Å²) in [5.74, 6) is -0.0338. The molecule has 0 amide bonds. The molecule has 0 spiro atoms. The lowest BCUT2D eigenvalue weighted by Gasteiger charge is -2.03. The second-order valence-electron chi connectivity index (χ2n) is 2.83. The number of hydrogen-bond donors (Lipinski definition) is 0. The fourth-order valence-corrected chi connectivity index (χ4v) is 4.63. The monoisotopic (exact) mass is 380 g/mol. The van der Waals surface area contributed by atoms with Crippen LogP contribution in [0.1, 0.15) is 10.3 Å². The molecule has 0 N–H and O–H groups in total. The maximum Gasteiger partial charge on any atom is 0.149 e. The van der Waals surface area contributed by atoms with E-state index in [1.54, 1.807) is 0 Å². The van der Waals surface area contributed by atoms with Gasteiger partial charge in [-0.15, -0.1) is 22.9 Å². The zero-order chi connectivity index (χ0) is 10.9. The number of halogens is 3. The van der Waals surface area contributed by atoms with Gasteiger partial charge in [-0.05, 0) is 37.9 Å². The molecule has 2 nitrogen and oxygen atoms in total. The predicted octanol–water partition coefficient (Wildman–Crippen LogP) is 3.60. The molecule has 14 heavy (non-hydrogen) atoms. The second kappa shape index (κ2) is 4.82. The Morgan fingerprint density at radius 2 is 2.14 bits per heavy atom. The van der Waals surface area contributed by atoms with Crippen LogP contribution in [0.2, 0.25) is 0 Å². The van der Waals surface area contributed by atoms with Crippen LogP contribution >= 0.6 is 54.8 Å². The van der Waals surface area contributed by atoms with E-state index in [1.165, 1.54) is 17.6 Å². The van der Waals surface area contributed by atoms with Gasteiger partial charge >= 0.3 is 0 Å². The van der Waals surface area contributed by atoms with E-state index in [1.807, 2.05) is 6.07 Å². The summed E-state index contributed by atoms with van der Waals surface area (Å²) in [6.45, 7) is 0. The summed E-state index contributed by atoms with van der Waals surface area (Å²) in [5.41, 5.74) is 0. The maximum absolute atomic E-state index is 11.0. The van der Waals surface area contributed by atoms with Crippen molar-refractivity contribution in [2.75, 3.05) is 12.0 Å². The van der Waals surface area contributed by atoms with Gasteiger partial charge in [0.1, 0.15) is 9.84 Å². The average molecular weight is 383 g/mol. The molecule has 1 unspecified atom stereocenters. The Balaban J connectivity index is 2.85. The highest BCUT2D eigenvalue weighted by atomic mass is 79.9. The highest BCUT2D eigenvalue weighted by molar-refractivity contribution is 9.13. The standard InChI is InChI=1S/C7H7Br2ClO2S2/c1-14(11,12)3-5(10)6-2-4(8)7(9)13-6/h2,5H,3H2,1H3. The minimum absolute atomic E-state index is 0.0338. The van der Waals surface area contributed by atoms with Crippen LogP contribution in [0.25, 0.3) is 0 Å². The van der Waals surface area contributed by atoms with Crippen molar-refractivity contribution in [2.24, 2.45) is 0 Å². The first-order valence-corrected chi connectivity index (χ1v) is 8.46. The van der Waals surface area contributed by atoms with E-state index in [0.717, 1.165) is 13.1 Å². The Bertz CT molecular complexity index is 407. The fraction of sp³-hybridized carbons (Fsp3) is 0.429. The zero-order valence-electron chi connectivity index (χ0n) is 7.13. The topological polar surface area (TPSA) is 34.1 Å². The highest BCUT2D eigenvalue weighted by Crippen LogP contribution is 2.37. The second-order valence-corrected chi connectivity index (χ2v) is 8.80. The first-order chi connectivity index (χ1) is 6.29. The molecule has 0 radical (unpaired) electrons. The Morgan fingerprint density at radius 3 is 2.50 bits per heavy atom. The molecule has 0 bridgehead atoms. The highest BCUT2D eigenvalue weighted by Gasteiger charge is 2.17. The van der Waals surface area contributed by atoms with Crippen molar-refractivity contribution in [2.45, 2.75) is 5.38 Å². The first-order valence-electron chi connectivity index (χ1n) is 3.56. The van der Waals surface area contributed by atoms with Crippen LogP contribution in [-0.4, -0.2) is 20.4 Å². The Labute approximate surface area is 109 Å². The molecule has 0 saturated heterocycles. The quantitative estimate of drug-likeness (QED) is 0.749. The van der Waals surface area contributed by atoms with Gasteiger partial charge < -0.3 is 0 Å². The van der Waals surface area contributed by atoms with Crippen molar-refractivity contribution in [3.8, 4) is 0 Å². The number of sulfone groups is 1. The minimum atomic E-state index is -3.03. The summed E-state index contributed by atoms with van der Waals surface area (Å²) in [6.07, 6.45) is 1.18. The molecule has 1 heterocycles. The first kappa shape index (κ1) is 13.0. The third-order valence-corrected chi connectivity index (χ3v) is 6.43. The normalized spacial score (nSPS) is 14.3. The van der Waals surface area contributed by atoms with Gasteiger partial charge in [-0.1, -0.05) is 0 Å². The minimum Gasteiger partial charge on any atom is -0.229 e. The third kappa shape index (κ3) is 3.81. The van der Waals surface area contributed by atoms with Gasteiger partial charge in [0.25, 0.3) is 0 Å². The van der Waals surface area contributed by atoms with E-state index in [0.29, 0.717) is 0 Å². The van der Waals surface area contributed by atoms with Crippen LogP contribution < -0.4 is 0 Å². The molecule has 0 aliphatic rings. The Morgan fingerprint density at radius 1 is 1.57 bits per heavy atom. The summed E-state index contributed by atoms with van der Waals surface area (Å²) in [4.78, 5) is 0.843. The van der Waals surface area contributed by atoms with Crippen LogP contribution in [0.3, 0.4) is 0 Å². The zero-order valence-corrected chi connectivity index (χ0v) is 12.7. The average Bonchev–Trinajstić information content (AvgIpc) is 2.28. The Hall–Kier alpha value is 0.900. The molecule has 0 aliphatic heterocycles. The molecule has 1 aromatic heterocycles. The van der Waals surface area contributed by atoms with Crippen LogP contribution in [0.15, 0.2) is 14.3 Å². The van der Waals surface area contributed by atoms with Crippen molar-refractivity contribution >= 4 is 64.6 Å². The van der Waals surface area contributed by atoms with Gasteiger partial charge in [-0.2, -0.15) is 0 Å². The third-order valence-electron chi connectivity index (χ3n) is 1.42. The van der Waals surface area contributed by atoms with Crippen molar-refractivity contribution in [1.82, 2.24) is 0 Å². The summed E-state index contributed by atoms with van der Waals surface area (Å²) >= 11 is 14.0. The van der Waals surface area contributed by atoms with E-state index in [2.05, 4.69) is 31.9 Å². The van der Waals surface area contributed by atoms with Crippen LogP contribution in [0.5, 0.6) is 0 Å². The number of alkyl halides is 1. The Kier molecular flexibility index (Phi) is 4.47. The molecule has 1 atom stereocenters. The summed E-state index contributed by atoms with van der Waals surface area (Å²) in [7, 11) is -3.03. The van der Waals surface area contributed by atoms with Gasteiger partial charge in [0.2, 0.25) is 0 Å². The van der Waals surface area contributed by atoms with Crippen LogP contribution in [0.4, 0.5) is 0 Å². The molecule has 0 saturated carbocycles. The summed E-state index contributed by atoms with van der Waals surface area (Å²) < 4.78 is 23.8. The SMILES string of the molecule is CS(=O)(=O)CC(Cl)c1cc(Br)c(Br)s1. The molecule has 7 heteroatoms. The molecular weight excluding hydrogens is 375 g/mol.